The monoisotopic (exact) mass is 224 g/mol. The third-order valence-corrected chi connectivity index (χ3v) is 3.30. The van der Waals surface area contributed by atoms with Crippen LogP contribution in [0.2, 0.25) is 0 Å². The summed E-state index contributed by atoms with van der Waals surface area (Å²) in [6.45, 7) is 2.08. The summed E-state index contributed by atoms with van der Waals surface area (Å²) in [4.78, 5) is 0. The quantitative estimate of drug-likeness (QED) is 0.704. The second kappa shape index (κ2) is 4.89. The van der Waals surface area contributed by atoms with Gasteiger partial charge in [-0.3, -0.25) is 0 Å². The van der Waals surface area contributed by atoms with Crippen LogP contribution >= 0.6 is 11.6 Å². The van der Waals surface area contributed by atoms with Crippen molar-refractivity contribution in [1.29, 1.82) is 0 Å². The van der Waals surface area contributed by atoms with Crippen LogP contribution in [0.25, 0.3) is 0 Å². The molecule has 2 rings (SSSR count). The van der Waals surface area contributed by atoms with E-state index >= 15 is 0 Å². The lowest BCUT2D eigenvalue weighted by molar-refractivity contribution is 0.208. The fourth-order valence-corrected chi connectivity index (χ4v) is 2.28. The van der Waals surface area contributed by atoms with E-state index in [1.165, 1.54) is 31.2 Å². The maximum atomic E-state index is 5.96. The summed E-state index contributed by atoms with van der Waals surface area (Å²) in [6, 6.07) is 6.20. The Morgan fingerprint density at radius 1 is 1.33 bits per heavy atom. The standard InChI is InChI=1S/C13H17ClO/c1-10-8-11(9-14)6-7-13(10)15-12-4-2-3-5-12/h6-8,12H,2-5,9H2,1H3. The van der Waals surface area contributed by atoms with Gasteiger partial charge in [-0.2, -0.15) is 0 Å². The molecule has 1 aliphatic carbocycles. The van der Waals surface area contributed by atoms with Gasteiger partial charge in [-0.15, -0.1) is 11.6 Å². The Morgan fingerprint density at radius 2 is 2.07 bits per heavy atom. The lowest BCUT2D eigenvalue weighted by Crippen LogP contribution is -2.11. The first kappa shape index (κ1) is 10.8. The summed E-state index contributed by atoms with van der Waals surface area (Å²) in [6.07, 6.45) is 5.46. The molecule has 1 saturated carbocycles. The van der Waals surface area contributed by atoms with Crippen molar-refractivity contribution in [2.75, 3.05) is 0 Å². The SMILES string of the molecule is Cc1cc(CCl)ccc1OC1CCCC1. The van der Waals surface area contributed by atoms with Gasteiger partial charge in [0.1, 0.15) is 5.75 Å². The number of benzene rings is 1. The molecule has 1 aromatic carbocycles. The summed E-state index contributed by atoms with van der Waals surface area (Å²) >= 11 is 5.78. The van der Waals surface area contributed by atoms with E-state index in [1.807, 2.05) is 12.1 Å². The predicted molar refractivity (Wildman–Crippen MR) is 63.6 cm³/mol. The van der Waals surface area contributed by atoms with Crippen molar-refractivity contribution in [3.8, 4) is 5.75 Å². The van der Waals surface area contributed by atoms with Gasteiger partial charge in [0, 0.05) is 5.88 Å². The van der Waals surface area contributed by atoms with E-state index in [0.717, 1.165) is 11.3 Å². The molecule has 1 fully saturated rings. The van der Waals surface area contributed by atoms with Crippen LogP contribution in [0, 0.1) is 6.92 Å². The number of halogens is 1. The normalized spacial score (nSPS) is 16.9. The third-order valence-electron chi connectivity index (χ3n) is 2.99. The first-order valence-electron chi connectivity index (χ1n) is 5.62. The zero-order chi connectivity index (χ0) is 10.7. The van der Waals surface area contributed by atoms with E-state index in [2.05, 4.69) is 13.0 Å². The van der Waals surface area contributed by atoms with Crippen LogP contribution in [0.15, 0.2) is 18.2 Å². The van der Waals surface area contributed by atoms with E-state index in [1.54, 1.807) is 0 Å². The van der Waals surface area contributed by atoms with Gasteiger partial charge in [-0.05, 0) is 49.8 Å². The summed E-state index contributed by atoms with van der Waals surface area (Å²) in [5, 5.41) is 0. The highest BCUT2D eigenvalue weighted by atomic mass is 35.5. The maximum absolute atomic E-state index is 5.96. The molecule has 0 bridgehead atoms. The molecule has 0 radical (unpaired) electrons. The molecule has 1 aliphatic rings. The molecular weight excluding hydrogens is 208 g/mol. The van der Waals surface area contributed by atoms with E-state index in [9.17, 15) is 0 Å². The minimum Gasteiger partial charge on any atom is -0.490 e. The molecule has 0 N–H and O–H groups in total. The van der Waals surface area contributed by atoms with Crippen molar-refractivity contribution < 1.29 is 4.74 Å². The average molecular weight is 225 g/mol. The van der Waals surface area contributed by atoms with E-state index < -0.39 is 0 Å². The minimum atomic E-state index is 0.436. The minimum absolute atomic E-state index is 0.436. The number of rotatable bonds is 3. The van der Waals surface area contributed by atoms with Crippen LogP contribution in [0.3, 0.4) is 0 Å². The molecule has 0 saturated heterocycles. The number of hydrogen-bond acceptors (Lipinski definition) is 1. The lowest BCUT2D eigenvalue weighted by Gasteiger charge is -2.15. The van der Waals surface area contributed by atoms with Gasteiger partial charge in [0.15, 0.2) is 0 Å². The Bertz CT molecular complexity index is 329. The smallest absolute Gasteiger partial charge is 0.122 e. The van der Waals surface area contributed by atoms with Gasteiger partial charge in [-0.1, -0.05) is 12.1 Å². The highest BCUT2D eigenvalue weighted by molar-refractivity contribution is 6.17. The van der Waals surface area contributed by atoms with Crippen LogP contribution < -0.4 is 4.74 Å². The molecule has 1 aromatic rings. The Hall–Kier alpha value is -0.690. The second-order valence-electron chi connectivity index (χ2n) is 4.26. The number of hydrogen-bond donors (Lipinski definition) is 0. The summed E-state index contributed by atoms with van der Waals surface area (Å²) in [5.74, 6) is 1.60. The van der Waals surface area contributed by atoms with Gasteiger partial charge in [0.2, 0.25) is 0 Å². The van der Waals surface area contributed by atoms with E-state index in [4.69, 9.17) is 16.3 Å². The molecule has 2 heteroatoms. The largest absolute Gasteiger partial charge is 0.490 e. The molecule has 0 unspecified atom stereocenters. The molecule has 0 atom stereocenters. The Labute approximate surface area is 96.4 Å². The van der Waals surface area contributed by atoms with Gasteiger partial charge in [0.25, 0.3) is 0 Å². The zero-order valence-corrected chi connectivity index (χ0v) is 9.89. The first-order valence-corrected chi connectivity index (χ1v) is 6.15. The molecular formula is C13H17ClO. The third kappa shape index (κ3) is 2.66. The Balaban J connectivity index is 2.07. The first-order chi connectivity index (χ1) is 7.29. The average Bonchev–Trinajstić information content (AvgIpc) is 2.74. The number of ether oxygens (including phenoxy) is 1. The lowest BCUT2D eigenvalue weighted by atomic mass is 10.1. The van der Waals surface area contributed by atoms with Gasteiger partial charge in [-0.25, -0.2) is 0 Å². The van der Waals surface area contributed by atoms with Gasteiger partial charge in [0.05, 0.1) is 6.10 Å². The van der Waals surface area contributed by atoms with Crippen LogP contribution in [-0.4, -0.2) is 6.10 Å². The number of aryl methyl sites for hydroxylation is 1. The van der Waals surface area contributed by atoms with Crippen molar-refractivity contribution >= 4 is 11.6 Å². The van der Waals surface area contributed by atoms with Crippen LogP contribution in [-0.2, 0) is 5.88 Å². The summed E-state index contributed by atoms with van der Waals surface area (Å²) < 4.78 is 5.96. The Kier molecular flexibility index (Phi) is 3.53. The topological polar surface area (TPSA) is 9.23 Å². The number of alkyl halides is 1. The molecule has 0 heterocycles. The second-order valence-corrected chi connectivity index (χ2v) is 4.53. The van der Waals surface area contributed by atoms with Gasteiger partial charge < -0.3 is 4.74 Å². The molecule has 0 spiro atoms. The molecule has 0 aliphatic heterocycles. The molecule has 1 nitrogen and oxygen atoms in total. The fourth-order valence-electron chi connectivity index (χ4n) is 2.11. The fraction of sp³-hybridized carbons (Fsp3) is 0.538. The highest BCUT2D eigenvalue weighted by Gasteiger charge is 2.17. The molecule has 0 aromatic heterocycles. The summed E-state index contributed by atoms with van der Waals surface area (Å²) in [7, 11) is 0. The maximum Gasteiger partial charge on any atom is 0.122 e. The van der Waals surface area contributed by atoms with E-state index in [-0.39, 0.29) is 0 Å². The molecule has 0 amide bonds. The molecule has 15 heavy (non-hydrogen) atoms. The van der Waals surface area contributed by atoms with Crippen molar-refractivity contribution in [3.63, 3.8) is 0 Å². The van der Waals surface area contributed by atoms with E-state index in [0.29, 0.717) is 12.0 Å². The van der Waals surface area contributed by atoms with Crippen LogP contribution in [0.1, 0.15) is 36.8 Å². The Morgan fingerprint density at radius 3 is 2.67 bits per heavy atom. The van der Waals surface area contributed by atoms with Crippen molar-refractivity contribution in [2.24, 2.45) is 0 Å². The molecule has 82 valence electrons. The van der Waals surface area contributed by atoms with Crippen LogP contribution in [0.5, 0.6) is 5.75 Å². The highest BCUT2D eigenvalue weighted by Crippen LogP contribution is 2.27. The van der Waals surface area contributed by atoms with Crippen LogP contribution in [0.4, 0.5) is 0 Å². The van der Waals surface area contributed by atoms with Crippen molar-refractivity contribution in [3.05, 3.63) is 29.3 Å². The zero-order valence-electron chi connectivity index (χ0n) is 9.13. The predicted octanol–water partition coefficient (Wildman–Crippen LogP) is 4.06. The van der Waals surface area contributed by atoms with Crippen molar-refractivity contribution in [2.45, 2.75) is 44.6 Å². The van der Waals surface area contributed by atoms with Gasteiger partial charge >= 0.3 is 0 Å². The summed E-state index contributed by atoms with van der Waals surface area (Å²) in [5.41, 5.74) is 2.35. The van der Waals surface area contributed by atoms with Crippen molar-refractivity contribution in [1.82, 2.24) is 0 Å².